The monoisotopic (exact) mass is 270 g/mol. The molecule has 0 heterocycles. The molecule has 0 saturated heterocycles. The van der Waals surface area contributed by atoms with E-state index < -0.39 is 8.80 Å². The van der Waals surface area contributed by atoms with Crippen LogP contribution in [0, 0.1) is 11.8 Å². The van der Waals surface area contributed by atoms with Gasteiger partial charge in [0.15, 0.2) is 0 Å². The lowest BCUT2D eigenvalue weighted by Gasteiger charge is -2.25. The minimum absolute atomic E-state index is 0.941. The molecule has 4 heteroatoms. The summed E-state index contributed by atoms with van der Waals surface area (Å²) in [5, 5.41) is 0. The first kappa shape index (κ1) is 14.3. The first-order valence-corrected chi connectivity index (χ1v) is 8.99. The summed E-state index contributed by atoms with van der Waals surface area (Å²) in [5.41, 5.74) is 1.72. The molecule has 0 aromatic heterocycles. The van der Waals surface area contributed by atoms with Gasteiger partial charge in [0.1, 0.15) is 0 Å². The van der Waals surface area contributed by atoms with E-state index in [1.54, 1.807) is 26.9 Å². The van der Waals surface area contributed by atoms with Crippen molar-refractivity contribution in [2.75, 3.05) is 21.3 Å². The normalized spacial score (nSPS) is 26.7. The maximum Gasteiger partial charge on any atom is 0.500 e. The topological polar surface area (TPSA) is 27.7 Å². The quantitative estimate of drug-likeness (QED) is 0.384. The van der Waals surface area contributed by atoms with Crippen molar-refractivity contribution >= 4 is 8.80 Å². The van der Waals surface area contributed by atoms with Gasteiger partial charge in [0.05, 0.1) is 0 Å². The largest absolute Gasteiger partial charge is 0.500 e. The molecule has 2 rings (SSSR count). The first-order chi connectivity index (χ1) is 8.73. The van der Waals surface area contributed by atoms with Crippen molar-refractivity contribution in [3.8, 4) is 0 Å². The molecule has 0 aromatic carbocycles. The van der Waals surface area contributed by atoms with Crippen LogP contribution < -0.4 is 0 Å². The van der Waals surface area contributed by atoms with Gasteiger partial charge in [0, 0.05) is 27.4 Å². The van der Waals surface area contributed by atoms with E-state index in [4.69, 9.17) is 13.3 Å². The number of allylic oxidation sites excluding steroid dienone is 2. The average molecular weight is 270 g/mol. The van der Waals surface area contributed by atoms with E-state index >= 15 is 0 Å². The Balaban J connectivity index is 1.65. The van der Waals surface area contributed by atoms with Crippen LogP contribution in [0.25, 0.3) is 0 Å². The number of unbranched alkanes of at least 4 members (excludes halogenated alkanes) is 1. The third-order valence-electron chi connectivity index (χ3n) is 4.67. The Morgan fingerprint density at radius 2 is 1.83 bits per heavy atom. The summed E-state index contributed by atoms with van der Waals surface area (Å²) in [6, 6.07) is 0.941. The molecule has 0 spiro atoms. The zero-order chi connectivity index (χ0) is 13.0. The SMILES string of the molecule is CO[Si](CCCCC1CC2=CCC1C2)(OC)OC. The molecular weight excluding hydrogens is 244 g/mol. The minimum atomic E-state index is -2.32. The van der Waals surface area contributed by atoms with Crippen LogP contribution in [-0.4, -0.2) is 30.1 Å². The molecule has 0 aliphatic heterocycles. The van der Waals surface area contributed by atoms with Crippen LogP contribution in [0.4, 0.5) is 0 Å². The molecule has 1 saturated carbocycles. The standard InChI is InChI=1S/C14H26O3Si/c1-15-18(16-2,17-3)9-5-4-6-13-10-12-7-8-14(13)11-12/h7,13-14H,4-6,8-11H2,1-3H3. The van der Waals surface area contributed by atoms with Crippen molar-refractivity contribution in [1.82, 2.24) is 0 Å². The average Bonchev–Trinajstić information content (AvgIpc) is 3.02. The summed E-state index contributed by atoms with van der Waals surface area (Å²) in [7, 11) is 2.77. The third kappa shape index (κ3) is 3.04. The zero-order valence-electron chi connectivity index (χ0n) is 11.9. The van der Waals surface area contributed by atoms with Crippen molar-refractivity contribution in [1.29, 1.82) is 0 Å². The van der Waals surface area contributed by atoms with Gasteiger partial charge in [0.2, 0.25) is 0 Å². The molecule has 2 unspecified atom stereocenters. The van der Waals surface area contributed by atoms with Crippen molar-refractivity contribution in [2.24, 2.45) is 11.8 Å². The maximum absolute atomic E-state index is 5.44. The van der Waals surface area contributed by atoms with E-state index in [0.717, 1.165) is 24.3 Å². The van der Waals surface area contributed by atoms with E-state index in [1.807, 2.05) is 0 Å². The van der Waals surface area contributed by atoms with Crippen LogP contribution in [-0.2, 0) is 13.3 Å². The molecule has 0 amide bonds. The summed E-state index contributed by atoms with van der Waals surface area (Å²) >= 11 is 0. The highest BCUT2D eigenvalue weighted by Gasteiger charge is 2.37. The van der Waals surface area contributed by atoms with Crippen LogP contribution in [0.2, 0.25) is 6.04 Å². The molecule has 2 bridgehead atoms. The molecule has 2 atom stereocenters. The molecule has 104 valence electrons. The Morgan fingerprint density at radius 1 is 1.11 bits per heavy atom. The van der Waals surface area contributed by atoms with Gasteiger partial charge in [-0.3, -0.25) is 0 Å². The Hall–Kier alpha value is -0.163. The van der Waals surface area contributed by atoms with Crippen molar-refractivity contribution in [3.05, 3.63) is 11.6 Å². The number of hydrogen-bond acceptors (Lipinski definition) is 3. The molecule has 3 nitrogen and oxygen atoms in total. The summed E-state index contributed by atoms with van der Waals surface area (Å²) in [4.78, 5) is 0. The van der Waals surface area contributed by atoms with Crippen LogP contribution in [0.5, 0.6) is 0 Å². The fourth-order valence-corrected chi connectivity index (χ4v) is 5.29. The Labute approximate surface area is 112 Å². The second kappa shape index (κ2) is 6.33. The Morgan fingerprint density at radius 3 is 2.33 bits per heavy atom. The minimum Gasteiger partial charge on any atom is -0.377 e. The van der Waals surface area contributed by atoms with Gasteiger partial charge in [-0.2, -0.15) is 0 Å². The predicted octanol–water partition coefficient (Wildman–Crippen LogP) is 3.39. The van der Waals surface area contributed by atoms with E-state index in [0.29, 0.717) is 0 Å². The highest BCUT2D eigenvalue weighted by Crippen LogP contribution is 2.46. The molecule has 0 N–H and O–H groups in total. The van der Waals surface area contributed by atoms with Gasteiger partial charge in [-0.15, -0.1) is 0 Å². The van der Waals surface area contributed by atoms with E-state index in [1.165, 1.54) is 32.1 Å². The molecule has 1 fully saturated rings. The van der Waals surface area contributed by atoms with Gasteiger partial charge in [-0.05, 0) is 43.9 Å². The third-order valence-corrected chi connectivity index (χ3v) is 7.50. The second-order valence-electron chi connectivity index (χ2n) is 5.57. The molecule has 0 radical (unpaired) electrons. The van der Waals surface area contributed by atoms with Crippen LogP contribution in [0.15, 0.2) is 11.6 Å². The van der Waals surface area contributed by atoms with Gasteiger partial charge < -0.3 is 13.3 Å². The lowest BCUT2D eigenvalue weighted by molar-refractivity contribution is 0.122. The van der Waals surface area contributed by atoms with Gasteiger partial charge in [-0.1, -0.05) is 18.1 Å². The molecular formula is C14H26O3Si. The van der Waals surface area contributed by atoms with Crippen molar-refractivity contribution < 1.29 is 13.3 Å². The maximum atomic E-state index is 5.44. The molecule has 2 aliphatic rings. The summed E-state index contributed by atoms with van der Waals surface area (Å²) < 4.78 is 16.3. The predicted molar refractivity (Wildman–Crippen MR) is 74.4 cm³/mol. The first-order valence-electron chi connectivity index (χ1n) is 7.06. The molecule has 0 aromatic rings. The van der Waals surface area contributed by atoms with Crippen LogP contribution in [0.1, 0.15) is 38.5 Å². The van der Waals surface area contributed by atoms with Crippen LogP contribution >= 0.6 is 0 Å². The summed E-state index contributed by atoms with van der Waals surface area (Å²) in [6.45, 7) is 0. The van der Waals surface area contributed by atoms with Crippen molar-refractivity contribution in [2.45, 2.75) is 44.6 Å². The summed E-state index contributed by atoms with van der Waals surface area (Å²) in [6.07, 6.45) is 10.4. The van der Waals surface area contributed by atoms with Gasteiger partial charge in [0.25, 0.3) is 0 Å². The lowest BCUT2D eigenvalue weighted by atomic mass is 9.88. The number of hydrogen-bond donors (Lipinski definition) is 0. The smallest absolute Gasteiger partial charge is 0.377 e. The van der Waals surface area contributed by atoms with E-state index in [9.17, 15) is 0 Å². The van der Waals surface area contributed by atoms with E-state index in [2.05, 4.69) is 6.08 Å². The Kier molecular flexibility index (Phi) is 5.01. The van der Waals surface area contributed by atoms with Gasteiger partial charge in [-0.25, -0.2) is 0 Å². The van der Waals surface area contributed by atoms with Crippen molar-refractivity contribution in [3.63, 3.8) is 0 Å². The number of fused-ring (bicyclic) bond motifs is 2. The second-order valence-corrected chi connectivity index (χ2v) is 8.66. The fraction of sp³-hybridized carbons (Fsp3) is 0.857. The number of rotatable bonds is 8. The van der Waals surface area contributed by atoms with Crippen LogP contribution in [0.3, 0.4) is 0 Å². The summed E-state index contributed by atoms with van der Waals surface area (Å²) in [5.74, 6) is 1.92. The zero-order valence-corrected chi connectivity index (χ0v) is 12.9. The lowest BCUT2D eigenvalue weighted by Crippen LogP contribution is -2.42. The fourth-order valence-electron chi connectivity index (χ4n) is 3.49. The highest BCUT2D eigenvalue weighted by atomic mass is 28.4. The molecule has 2 aliphatic carbocycles. The highest BCUT2D eigenvalue weighted by molar-refractivity contribution is 6.60. The Bertz CT molecular complexity index is 291. The van der Waals surface area contributed by atoms with Gasteiger partial charge >= 0.3 is 8.80 Å². The van der Waals surface area contributed by atoms with E-state index in [-0.39, 0.29) is 0 Å². The molecule has 18 heavy (non-hydrogen) atoms.